The summed E-state index contributed by atoms with van der Waals surface area (Å²) >= 11 is 2.84. The fourth-order valence-corrected chi connectivity index (χ4v) is 5.77. The Bertz CT molecular complexity index is 998. The minimum absolute atomic E-state index is 0.393. The maximum absolute atomic E-state index is 14.0. The van der Waals surface area contributed by atoms with Crippen molar-refractivity contribution in [3.05, 3.63) is 47.9 Å². The minimum Gasteiger partial charge on any atom is -0.445 e. The van der Waals surface area contributed by atoms with Crippen LogP contribution in [0.2, 0.25) is 0 Å². The van der Waals surface area contributed by atoms with E-state index in [2.05, 4.69) is 20.6 Å². The zero-order chi connectivity index (χ0) is 22.5. The molecular formula is C22H26F2N4O2S2. The molecule has 2 unspecified atom stereocenters. The van der Waals surface area contributed by atoms with Crippen LogP contribution in [0.15, 0.2) is 44.8 Å². The number of nitrogens with zero attached hydrogens (tertiary/aromatic N) is 2. The summed E-state index contributed by atoms with van der Waals surface area (Å²) < 4.78 is 34.0. The molecule has 0 aromatic carbocycles. The third kappa shape index (κ3) is 6.19. The number of aromatic nitrogens is 2. The lowest BCUT2D eigenvalue weighted by atomic mass is 9.86. The number of hydrogen-bond acceptors (Lipinski definition) is 6. The van der Waals surface area contributed by atoms with E-state index in [-0.39, 0.29) is 0 Å². The number of rotatable bonds is 7. The van der Waals surface area contributed by atoms with Gasteiger partial charge in [0, 0.05) is 18.4 Å². The van der Waals surface area contributed by atoms with Crippen molar-refractivity contribution in [1.29, 1.82) is 0 Å². The van der Waals surface area contributed by atoms with Gasteiger partial charge in [-0.05, 0) is 12.0 Å². The molecule has 2 amide bonds. The Balaban J connectivity index is 1.24. The van der Waals surface area contributed by atoms with E-state index in [0.29, 0.717) is 22.7 Å². The standard InChI is InChI=1S/C22H26F2N4O2S2/c1-13-7-15(23)9-17(24)20(13)27-21(29)28-22-26-11-19(32-22)31-12-18-25-10-16(30-18)8-14-5-3-2-4-6-14/h7,9-11,13-14,20H,2-6,8,12H2,1H3,(H2,26,27,28,29). The van der Waals surface area contributed by atoms with Crippen LogP contribution in [0.5, 0.6) is 0 Å². The van der Waals surface area contributed by atoms with Gasteiger partial charge >= 0.3 is 6.03 Å². The molecule has 0 saturated heterocycles. The third-order valence-electron chi connectivity index (χ3n) is 5.67. The predicted octanol–water partition coefficient (Wildman–Crippen LogP) is 6.39. The van der Waals surface area contributed by atoms with Gasteiger partial charge < -0.3 is 9.73 Å². The first-order valence-electron chi connectivity index (χ1n) is 10.8. The van der Waals surface area contributed by atoms with Crippen LogP contribution in [0.25, 0.3) is 0 Å². The van der Waals surface area contributed by atoms with Gasteiger partial charge in [0.2, 0.25) is 5.89 Å². The van der Waals surface area contributed by atoms with E-state index in [9.17, 15) is 13.6 Å². The lowest BCUT2D eigenvalue weighted by Crippen LogP contribution is -2.42. The summed E-state index contributed by atoms with van der Waals surface area (Å²) in [6.07, 6.45) is 13.0. The summed E-state index contributed by atoms with van der Waals surface area (Å²) in [5, 5.41) is 5.52. The fraction of sp³-hybridized carbons (Fsp3) is 0.500. The summed E-state index contributed by atoms with van der Waals surface area (Å²) in [6.45, 7) is 1.64. The average Bonchev–Trinajstić information content (AvgIpc) is 3.39. The van der Waals surface area contributed by atoms with Gasteiger partial charge in [-0.25, -0.2) is 23.5 Å². The zero-order valence-corrected chi connectivity index (χ0v) is 19.4. The number of amides is 2. The highest BCUT2D eigenvalue weighted by atomic mass is 32.2. The van der Waals surface area contributed by atoms with Crippen molar-refractivity contribution in [1.82, 2.24) is 15.3 Å². The third-order valence-corrected chi connectivity index (χ3v) is 7.76. The van der Waals surface area contributed by atoms with Crippen LogP contribution >= 0.6 is 23.1 Å². The molecule has 172 valence electrons. The zero-order valence-electron chi connectivity index (χ0n) is 17.8. The van der Waals surface area contributed by atoms with Crippen molar-refractivity contribution < 1.29 is 18.0 Å². The normalized spacial score (nSPS) is 21.7. The van der Waals surface area contributed by atoms with Gasteiger partial charge in [0.25, 0.3) is 0 Å². The summed E-state index contributed by atoms with van der Waals surface area (Å²) in [6, 6.07) is -1.50. The van der Waals surface area contributed by atoms with Crippen LogP contribution in [-0.4, -0.2) is 22.0 Å². The maximum Gasteiger partial charge on any atom is 0.321 e. The number of thioether (sulfide) groups is 1. The number of nitrogens with one attached hydrogen (secondary N) is 2. The number of oxazole rings is 1. The van der Waals surface area contributed by atoms with E-state index in [1.54, 1.807) is 13.1 Å². The van der Waals surface area contributed by atoms with Crippen molar-refractivity contribution in [2.75, 3.05) is 5.32 Å². The second-order valence-electron chi connectivity index (χ2n) is 8.22. The molecule has 10 heteroatoms. The second kappa shape index (κ2) is 10.6. The fourth-order valence-electron chi connectivity index (χ4n) is 4.04. The van der Waals surface area contributed by atoms with Gasteiger partial charge in [-0.1, -0.05) is 50.4 Å². The predicted molar refractivity (Wildman–Crippen MR) is 122 cm³/mol. The van der Waals surface area contributed by atoms with Crippen molar-refractivity contribution >= 4 is 34.3 Å². The van der Waals surface area contributed by atoms with Crippen molar-refractivity contribution in [3.8, 4) is 0 Å². The molecule has 2 aromatic heterocycles. The molecule has 2 N–H and O–H groups in total. The number of carbonyl (C=O) groups excluding carboxylic acids is 1. The summed E-state index contributed by atoms with van der Waals surface area (Å²) in [5.74, 6) is 1.07. The number of hydrogen-bond donors (Lipinski definition) is 2. The first kappa shape index (κ1) is 23.0. The summed E-state index contributed by atoms with van der Waals surface area (Å²) in [5.41, 5.74) is 0. The smallest absolute Gasteiger partial charge is 0.321 e. The Kier molecular flexibility index (Phi) is 7.62. The molecule has 2 heterocycles. The van der Waals surface area contributed by atoms with Crippen LogP contribution < -0.4 is 10.6 Å². The van der Waals surface area contributed by atoms with Crippen LogP contribution in [0.4, 0.5) is 18.7 Å². The Labute approximate surface area is 194 Å². The molecule has 2 atom stereocenters. The van der Waals surface area contributed by atoms with Gasteiger partial charge in [0.15, 0.2) is 5.13 Å². The van der Waals surface area contributed by atoms with Crippen LogP contribution in [-0.2, 0) is 12.2 Å². The second-order valence-corrected chi connectivity index (χ2v) is 10.5. The van der Waals surface area contributed by atoms with Gasteiger partial charge in [-0.15, -0.1) is 11.8 Å². The number of anilines is 1. The molecule has 4 rings (SSSR count). The molecule has 2 aliphatic carbocycles. The van der Waals surface area contributed by atoms with Gasteiger partial charge in [-0.2, -0.15) is 0 Å². The molecular weight excluding hydrogens is 454 g/mol. The Hall–Kier alpha value is -2.20. The van der Waals surface area contributed by atoms with E-state index < -0.39 is 29.6 Å². The Morgan fingerprint density at radius 2 is 2.06 bits per heavy atom. The minimum atomic E-state index is -0.906. The Morgan fingerprint density at radius 3 is 2.84 bits per heavy atom. The number of carbonyl (C=O) groups is 1. The quantitative estimate of drug-likeness (QED) is 0.449. The lowest BCUT2D eigenvalue weighted by Gasteiger charge is -2.24. The van der Waals surface area contributed by atoms with Crippen LogP contribution in [0.3, 0.4) is 0 Å². The highest BCUT2D eigenvalue weighted by Gasteiger charge is 2.27. The molecule has 1 saturated carbocycles. The van der Waals surface area contributed by atoms with E-state index >= 15 is 0 Å². The van der Waals surface area contributed by atoms with Gasteiger partial charge in [-0.3, -0.25) is 5.32 Å². The van der Waals surface area contributed by atoms with Crippen molar-refractivity contribution in [2.45, 2.75) is 61.5 Å². The van der Waals surface area contributed by atoms with Gasteiger partial charge in [0.1, 0.15) is 17.4 Å². The molecule has 6 nitrogen and oxygen atoms in total. The number of halogens is 2. The van der Waals surface area contributed by atoms with Crippen LogP contribution in [0, 0.1) is 11.8 Å². The first-order valence-corrected chi connectivity index (χ1v) is 12.6. The highest BCUT2D eigenvalue weighted by molar-refractivity contribution is 8.00. The topological polar surface area (TPSA) is 80.0 Å². The largest absolute Gasteiger partial charge is 0.445 e. The monoisotopic (exact) mass is 480 g/mol. The number of thiazole rings is 1. The molecule has 0 aliphatic heterocycles. The summed E-state index contributed by atoms with van der Waals surface area (Å²) in [4.78, 5) is 20.8. The SMILES string of the molecule is CC1C=C(F)C=C(F)C1NC(=O)Nc1ncc(SCc2ncc(CC3CCCCC3)o2)s1. The number of allylic oxidation sites excluding steroid dienone is 2. The number of urea groups is 1. The molecule has 32 heavy (non-hydrogen) atoms. The van der Waals surface area contributed by atoms with Crippen LogP contribution in [0.1, 0.15) is 50.7 Å². The van der Waals surface area contributed by atoms with E-state index in [4.69, 9.17) is 4.42 Å². The maximum atomic E-state index is 14.0. The molecule has 2 aromatic rings. The Morgan fingerprint density at radius 1 is 1.25 bits per heavy atom. The first-order chi connectivity index (χ1) is 15.5. The van der Waals surface area contributed by atoms with Crippen molar-refractivity contribution in [2.24, 2.45) is 11.8 Å². The lowest BCUT2D eigenvalue weighted by molar-refractivity contribution is 0.245. The van der Waals surface area contributed by atoms with Crippen molar-refractivity contribution in [3.63, 3.8) is 0 Å². The average molecular weight is 481 g/mol. The molecule has 2 aliphatic rings. The molecule has 0 bridgehead atoms. The van der Waals surface area contributed by atoms with E-state index in [1.807, 2.05) is 6.20 Å². The molecule has 1 fully saturated rings. The van der Waals surface area contributed by atoms with E-state index in [0.717, 1.165) is 22.5 Å². The molecule has 0 spiro atoms. The van der Waals surface area contributed by atoms with Gasteiger partial charge in [0.05, 0.1) is 28.4 Å². The molecule has 0 radical (unpaired) electrons. The highest BCUT2D eigenvalue weighted by Crippen LogP contribution is 2.32. The van der Waals surface area contributed by atoms with E-state index in [1.165, 1.54) is 61.3 Å². The summed E-state index contributed by atoms with van der Waals surface area (Å²) in [7, 11) is 0.